The number of nitrogens with zero attached hydrogens (tertiary/aromatic N) is 3. The molecule has 9 rings (SSSR count). The molecule has 4 bridgehead atoms. The monoisotopic (exact) mass is 539 g/mol. The molecule has 4 aliphatic carbocycles. The molecule has 7 aliphatic rings. The van der Waals surface area contributed by atoms with Crippen molar-refractivity contribution in [1.82, 2.24) is 13.9 Å². The van der Waals surface area contributed by atoms with Crippen LogP contribution in [0.15, 0.2) is 62.1 Å². The van der Waals surface area contributed by atoms with Crippen molar-refractivity contribution in [3.05, 3.63) is 73.5 Å². The fourth-order valence-electron chi connectivity index (χ4n) is 7.94. The number of hydrogen-bond donors (Lipinski definition) is 0. The summed E-state index contributed by atoms with van der Waals surface area (Å²) in [5, 5.41) is 0.508. The van der Waals surface area contributed by atoms with E-state index >= 15 is 0 Å². The van der Waals surface area contributed by atoms with E-state index in [4.69, 9.17) is 55.9 Å². The number of ether oxygens (including phenoxy) is 2. The number of aromatic nitrogens is 3. The molecule has 176 valence electrons. The van der Waals surface area contributed by atoms with E-state index < -0.39 is 15.5 Å². The van der Waals surface area contributed by atoms with Gasteiger partial charge in [-0.2, -0.15) is 0 Å². The number of benzene rings is 1. The summed E-state index contributed by atoms with van der Waals surface area (Å²) in [6.45, 7) is 0.664. The number of alkyl halides is 2. The smallest absolute Gasteiger partial charge is 0.344 e. The molecule has 2 aromatic rings. The Labute approximate surface area is 213 Å². The van der Waals surface area contributed by atoms with Gasteiger partial charge in [-0.05, 0) is 35.8 Å². The lowest BCUT2D eigenvalue weighted by molar-refractivity contribution is -0.172. The summed E-state index contributed by atoms with van der Waals surface area (Å²) in [6, 6.07) is 8.18. The Morgan fingerprint density at radius 2 is 1.26 bits per heavy atom. The summed E-state index contributed by atoms with van der Waals surface area (Å²) in [7, 11) is 0. The molecule has 3 aliphatic heterocycles. The largest absolute Gasteiger partial charge is 0.352 e. The van der Waals surface area contributed by atoms with Gasteiger partial charge < -0.3 is 9.47 Å². The fourth-order valence-corrected chi connectivity index (χ4v) is 10.2. The maximum absolute atomic E-state index is 13.6. The second-order valence-corrected chi connectivity index (χ2v) is 11.8. The molecule has 0 amide bonds. The van der Waals surface area contributed by atoms with Crippen LogP contribution in [0, 0.1) is 23.7 Å². The summed E-state index contributed by atoms with van der Waals surface area (Å²) < 4.78 is 16.6. The summed E-state index contributed by atoms with van der Waals surface area (Å²) in [5.41, 5.74) is -0.235. The van der Waals surface area contributed by atoms with Crippen LogP contribution in [-0.2, 0) is 9.47 Å². The molecule has 7 nitrogen and oxygen atoms in total. The van der Waals surface area contributed by atoms with Crippen molar-refractivity contribution < 1.29 is 9.47 Å². The van der Waals surface area contributed by atoms with Crippen molar-refractivity contribution in [2.45, 2.75) is 27.6 Å². The molecule has 3 fully saturated rings. The highest BCUT2D eigenvalue weighted by atomic mass is 35.5. The third-order valence-electron chi connectivity index (χ3n) is 8.94. The van der Waals surface area contributed by atoms with Gasteiger partial charge in [0.25, 0.3) is 0 Å². The zero-order valence-corrected chi connectivity index (χ0v) is 20.4. The number of fused-ring (bicyclic) bond motifs is 3. The number of halogens is 4. The van der Waals surface area contributed by atoms with Crippen LogP contribution in [-0.4, -0.2) is 42.7 Å². The molecule has 8 atom stereocenters. The molecular formula is C23H17Cl4N3O4. The van der Waals surface area contributed by atoms with Gasteiger partial charge in [-0.1, -0.05) is 53.6 Å². The number of rotatable bonds is 1. The van der Waals surface area contributed by atoms with Crippen molar-refractivity contribution in [2.24, 2.45) is 23.7 Å². The van der Waals surface area contributed by atoms with E-state index in [-0.39, 0.29) is 57.2 Å². The van der Waals surface area contributed by atoms with Crippen molar-refractivity contribution in [3.8, 4) is 5.69 Å². The second kappa shape index (κ2) is 6.07. The quantitative estimate of drug-likeness (QED) is 0.411. The topological polar surface area (TPSA) is 67.4 Å². The lowest BCUT2D eigenvalue weighted by Gasteiger charge is -2.63. The molecule has 0 N–H and O–H groups in total. The van der Waals surface area contributed by atoms with Crippen molar-refractivity contribution in [1.29, 1.82) is 0 Å². The fraction of sp³-hybridized carbons (Fsp3) is 0.478. The van der Waals surface area contributed by atoms with Crippen LogP contribution in [0.25, 0.3) is 5.69 Å². The van der Waals surface area contributed by atoms with E-state index in [0.29, 0.717) is 18.9 Å². The first kappa shape index (κ1) is 20.7. The van der Waals surface area contributed by atoms with Crippen LogP contribution < -0.4 is 11.4 Å². The first-order valence-corrected chi connectivity index (χ1v) is 12.7. The van der Waals surface area contributed by atoms with Crippen LogP contribution in [0.2, 0.25) is 0 Å². The van der Waals surface area contributed by atoms with Crippen LogP contribution >= 0.6 is 46.4 Å². The molecule has 1 aromatic carbocycles. The average molecular weight is 541 g/mol. The lowest BCUT2D eigenvalue weighted by atomic mass is 9.46. The molecule has 2 saturated carbocycles. The summed E-state index contributed by atoms with van der Waals surface area (Å²) in [4.78, 5) is 24.6. The van der Waals surface area contributed by atoms with E-state index in [2.05, 4.69) is 0 Å². The number of allylic oxidation sites excluding steroid dienone is 2. The van der Waals surface area contributed by atoms with E-state index in [1.807, 2.05) is 18.2 Å². The maximum Gasteiger partial charge on any atom is 0.352 e. The Kier molecular flexibility index (Phi) is 3.70. The van der Waals surface area contributed by atoms with Crippen LogP contribution in [0.5, 0.6) is 0 Å². The first-order chi connectivity index (χ1) is 16.3. The molecular weight excluding hydrogens is 524 g/mol. The van der Waals surface area contributed by atoms with Gasteiger partial charge in [0.05, 0.1) is 41.0 Å². The predicted molar refractivity (Wildman–Crippen MR) is 126 cm³/mol. The summed E-state index contributed by atoms with van der Waals surface area (Å²) in [5.74, 6) is -2.01. The van der Waals surface area contributed by atoms with E-state index in [1.54, 1.807) is 33.6 Å². The molecule has 0 radical (unpaired) electrons. The third-order valence-corrected chi connectivity index (χ3v) is 11.6. The Morgan fingerprint density at radius 1 is 0.794 bits per heavy atom. The molecule has 34 heavy (non-hydrogen) atoms. The summed E-state index contributed by atoms with van der Waals surface area (Å²) in [6.07, 6.45) is 3.99. The third kappa shape index (κ3) is 1.77. The highest BCUT2D eigenvalue weighted by Crippen LogP contribution is 2.84. The van der Waals surface area contributed by atoms with Crippen molar-refractivity contribution in [3.63, 3.8) is 0 Å². The highest BCUT2D eigenvalue weighted by molar-refractivity contribution is 6.52. The minimum absolute atomic E-state index is 0.0787. The van der Waals surface area contributed by atoms with Crippen LogP contribution in [0.3, 0.4) is 0 Å². The predicted octanol–water partition coefficient (Wildman–Crippen LogP) is 3.36. The van der Waals surface area contributed by atoms with Gasteiger partial charge in [-0.25, -0.2) is 23.5 Å². The van der Waals surface area contributed by atoms with E-state index in [9.17, 15) is 9.59 Å². The molecule has 0 unspecified atom stereocenters. The molecule has 1 aromatic heterocycles. The van der Waals surface area contributed by atoms with Crippen LogP contribution in [0.4, 0.5) is 0 Å². The van der Waals surface area contributed by atoms with Crippen LogP contribution in [0.1, 0.15) is 12.1 Å². The lowest BCUT2D eigenvalue weighted by Crippen LogP contribution is -2.66. The number of hydrogen-bond acceptors (Lipinski definition) is 4. The Morgan fingerprint density at radius 3 is 1.74 bits per heavy atom. The van der Waals surface area contributed by atoms with E-state index in [0.717, 1.165) is 0 Å². The van der Waals surface area contributed by atoms with Gasteiger partial charge in [-0.15, -0.1) is 23.2 Å². The zero-order chi connectivity index (χ0) is 23.4. The highest BCUT2D eigenvalue weighted by Gasteiger charge is 2.92. The van der Waals surface area contributed by atoms with Gasteiger partial charge in [0.2, 0.25) is 5.79 Å². The average Bonchev–Trinajstić information content (AvgIpc) is 3.49. The molecule has 1 saturated heterocycles. The van der Waals surface area contributed by atoms with Gasteiger partial charge in [-0.3, -0.25) is 0 Å². The van der Waals surface area contributed by atoms with Gasteiger partial charge in [0.1, 0.15) is 9.75 Å². The normalized spacial score (nSPS) is 43.9. The molecule has 1 spiro atoms. The SMILES string of the molecule is O=c1n(-c2ccccc2)c(=O)n2n1[C@H]1C=C[C@H]2[C@@H]2[C@@H]1[C@H]1[C@H]2[C@@]2(Cl)C(Cl)=C(Cl)[C@@]1(Cl)C21OCCO1. The van der Waals surface area contributed by atoms with E-state index in [1.165, 1.54) is 4.57 Å². The standard InChI is InChI=1S/C23H17Cl4N3O4/c24-17-18(25)22(27)16-14-12-7-6-11(13(14)15(16)21(17,26)23(22)33-8-9-34-23)29-19(31)28(20(32)30(12)29)10-4-2-1-3-5-10/h1-7,11-16H,8-9H2/t11-,12-,13+,14+,15-,16-,21+,22+/m0/s1. The summed E-state index contributed by atoms with van der Waals surface area (Å²) >= 11 is 28.2. The minimum atomic E-state index is -1.38. The second-order valence-electron chi connectivity index (χ2n) is 9.86. The maximum atomic E-state index is 13.6. The van der Waals surface area contributed by atoms with Gasteiger partial charge in [0.15, 0.2) is 0 Å². The Balaban J connectivity index is 1.35. The zero-order valence-electron chi connectivity index (χ0n) is 17.4. The van der Waals surface area contributed by atoms with Crippen molar-refractivity contribution in [2.75, 3.05) is 13.2 Å². The Hall–Kier alpha value is -1.48. The van der Waals surface area contributed by atoms with Crippen molar-refractivity contribution >= 4 is 46.4 Å². The number of para-hydroxylation sites is 1. The molecule has 4 heterocycles. The van der Waals surface area contributed by atoms with Gasteiger partial charge >= 0.3 is 11.4 Å². The molecule has 11 heteroatoms. The first-order valence-electron chi connectivity index (χ1n) is 11.2. The van der Waals surface area contributed by atoms with Gasteiger partial charge in [0, 0.05) is 0 Å². The Bertz CT molecular complexity index is 1390. The minimum Gasteiger partial charge on any atom is -0.344 e.